The van der Waals surface area contributed by atoms with Crippen molar-refractivity contribution in [3.8, 4) is 0 Å². The Morgan fingerprint density at radius 2 is 1.75 bits per heavy atom. The van der Waals surface area contributed by atoms with Crippen LogP contribution in [0.3, 0.4) is 0 Å². The van der Waals surface area contributed by atoms with Gasteiger partial charge in [-0.25, -0.2) is 13.2 Å². The number of amides is 3. The number of aromatic nitrogens is 2. The number of halogens is 1. The van der Waals surface area contributed by atoms with Crippen LogP contribution in [0.2, 0.25) is 0 Å². The highest BCUT2D eigenvalue weighted by molar-refractivity contribution is 7.89. The van der Waals surface area contributed by atoms with E-state index in [0.29, 0.717) is 50.1 Å². The molecule has 6 rings (SSSR count). The van der Waals surface area contributed by atoms with Crippen molar-refractivity contribution in [2.45, 2.75) is 42.9 Å². The average Bonchev–Trinajstić information content (AvgIpc) is 3.32. The van der Waals surface area contributed by atoms with Crippen molar-refractivity contribution in [3.63, 3.8) is 0 Å². The minimum Gasteiger partial charge on any atom is -0.303 e. The minimum absolute atomic E-state index is 0.238. The highest BCUT2D eigenvalue weighted by Crippen LogP contribution is 2.34. The number of fused-ring (bicyclic) bond motifs is 1. The van der Waals surface area contributed by atoms with Gasteiger partial charge in [0.1, 0.15) is 0 Å². The molecule has 3 amide bonds. The van der Waals surface area contributed by atoms with Gasteiger partial charge in [-0.3, -0.25) is 29.8 Å². The van der Waals surface area contributed by atoms with Crippen LogP contribution in [0.1, 0.15) is 43.6 Å². The molecule has 0 bridgehead atoms. The number of nitrogens with one attached hydrogen (secondary N) is 1. The minimum atomic E-state index is -3.94. The predicted molar refractivity (Wildman–Crippen MR) is 159 cm³/mol. The third-order valence-corrected chi connectivity index (χ3v) is 11.0. The molecule has 13 nitrogen and oxygen atoms in total. The molecule has 1 aromatic heterocycles. The summed E-state index contributed by atoms with van der Waals surface area (Å²) in [7, 11) is -2.08. The van der Waals surface area contributed by atoms with Crippen LogP contribution in [0.25, 0.3) is 10.9 Å². The summed E-state index contributed by atoms with van der Waals surface area (Å²) < 4.78 is 43.3. The summed E-state index contributed by atoms with van der Waals surface area (Å²) in [6.07, 6.45) is 3.61. The van der Waals surface area contributed by atoms with E-state index in [4.69, 9.17) is 0 Å². The van der Waals surface area contributed by atoms with Crippen LogP contribution in [0.4, 0.5) is 20.7 Å². The zero-order chi connectivity index (χ0) is 31.2. The summed E-state index contributed by atoms with van der Waals surface area (Å²) in [6, 6.07) is 8.52. The monoisotopic (exact) mass is 627 g/mol. The maximum atomic E-state index is 14.1. The van der Waals surface area contributed by atoms with Crippen molar-refractivity contribution in [1.29, 1.82) is 0 Å². The lowest BCUT2D eigenvalue weighted by atomic mass is 9.88. The third-order valence-electron chi connectivity index (χ3n) is 9.07. The van der Waals surface area contributed by atoms with E-state index in [-0.39, 0.29) is 17.2 Å². The summed E-state index contributed by atoms with van der Waals surface area (Å²) >= 11 is 0. The molecule has 1 N–H and O–H groups in total. The molecular formula is C29H34FN7O6S. The zero-order valence-electron chi connectivity index (χ0n) is 24.3. The summed E-state index contributed by atoms with van der Waals surface area (Å²) in [6.45, 7) is 3.70. The molecule has 3 aliphatic heterocycles. The van der Waals surface area contributed by atoms with Gasteiger partial charge in [0.05, 0.1) is 15.3 Å². The largest absolute Gasteiger partial charge is 0.329 e. The van der Waals surface area contributed by atoms with E-state index in [0.717, 1.165) is 61.6 Å². The van der Waals surface area contributed by atoms with Crippen LogP contribution in [0, 0.1) is 21.8 Å². The van der Waals surface area contributed by atoms with Crippen LogP contribution in [-0.2, 0) is 21.9 Å². The summed E-state index contributed by atoms with van der Waals surface area (Å²) in [5.74, 6) is -0.162. The number of likely N-dealkylation sites (tertiary alicyclic amines) is 1. The zero-order valence-corrected chi connectivity index (χ0v) is 25.1. The van der Waals surface area contributed by atoms with Gasteiger partial charge in [0.15, 0.2) is 5.82 Å². The number of anilines is 1. The second-order valence-electron chi connectivity index (χ2n) is 11.8. The smallest absolute Gasteiger partial charge is 0.303 e. The van der Waals surface area contributed by atoms with Gasteiger partial charge < -0.3 is 4.90 Å². The Hall–Kier alpha value is -3.95. The van der Waals surface area contributed by atoms with Crippen LogP contribution in [0.5, 0.6) is 0 Å². The number of hydrogen-bond acceptors (Lipinski definition) is 8. The Morgan fingerprint density at radius 3 is 2.41 bits per heavy atom. The number of carbonyl (C=O) groups is 2. The number of nitrogens with zero attached hydrogens (tertiary/aromatic N) is 6. The van der Waals surface area contributed by atoms with Gasteiger partial charge in [0.2, 0.25) is 21.7 Å². The first-order chi connectivity index (χ1) is 21.0. The molecule has 234 valence electrons. The summed E-state index contributed by atoms with van der Waals surface area (Å²) in [5.41, 5.74) is 1.41. The molecule has 0 atom stereocenters. The Labute approximate surface area is 253 Å². The van der Waals surface area contributed by atoms with E-state index in [1.165, 1.54) is 14.8 Å². The quantitative estimate of drug-likeness (QED) is 0.310. The topological polar surface area (TPSA) is 151 Å². The number of sulfonamides is 1. The molecule has 0 aliphatic carbocycles. The lowest BCUT2D eigenvalue weighted by Gasteiger charge is -2.37. The SMILES string of the molecule is Cn1nc(N2CCC(=O)NC2=O)c2ccc(C3CCN(CC4CCN(S(=O)(=O)c5ccc([N+](=O)[O-])c(F)c5)CC4)CC3)cc21. The molecule has 0 spiro atoms. The van der Waals surface area contributed by atoms with E-state index in [9.17, 15) is 32.5 Å². The number of carbonyl (C=O) groups excluding carboxylic acids is 2. The van der Waals surface area contributed by atoms with Crippen LogP contribution < -0.4 is 10.2 Å². The van der Waals surface area contributed by atoms with Crippen molar-refractivity contribution < 1.29 is 27.3 Å². The summed E-state index contributed by atoms with van der Waals surface area (Å²) in [4.78, 5) is 37.6. The molecule has 3 aromatic rings. The highest BCUT2D eigenvalue weighted by Gasteiger charge is 2.33. The van der Waals surface area contributed by atoms with Gasteiger partial charge in [-0.15, -0.1) is 0 Å². The molecular weight excluding hydrogens is 593 g/mol. The Kier molecular flexibility index (Phi) is 8.11. The number of hydrogen-bond donors (Lipinski definition) is 1. The van der Waals surface area contributed by atoms with E-state index in [1.807, 2.05) is 13.1 Å². The lowest BCUT2D eigenvalue weighted by Crippen LogP contribution is -2.49. The summed E-state index contributed by atoms with van der Waals surface area (Å²) in [5, 5.41) is 18.7. The van der Waals surface area contributed by atoms with Gasteiger partial charge in [0, 0.05) is 57.2 Å². The maximum Gasteiger partial charge on any atom is 0.329 e. The number of urea groups is 1. The molecule has 3 fully saturated rings. The fourth-order valence-corrected chi connectivity index (χ4v) is 8.05. The normalized spacial score (nSPS) is 19.9. The molecule has 15 heteroatoms. The van der Waals surface area contributed by atoms with E-state index >= 15 is 0 Å². The third kappa shape index (κ3) is 5.78. The van der Waals surface area contributed by atoms with Crippen LogP contribution >= 0.6 is 0 Å². The highest BCUT2D eigenvalue weighted by atomic mass is 32.2. The van der Waals surface area contributed by atoms with Crippen molar-refractivity contribution in [2.24, 2.45) is 13.0 Å². The number of benzene rings is 2. The molecule has 0 unspecified atom stereocenters. The molecule has 44 heavy (non-hydrogen) atoms. The first-order valence-corrected chi connectivity index (χ1v) is 16.2. The second kappa shape index (κ2) is 11.9. The lowest BCUT2D eigenvalue weighted by molar-refractivity contribution is -0.387. The van der Waals surface area contributed by atoms with Crippen LogP contribution in [-0.4, -0.2) is 83.5 Å². The first kappa shape index (κ1) is 30.1. The van der Waals surface area contributed by atoms with Gasteiger partial charge >= 0.3 is 11.7 Å². The Balaban J connectivity index is 1.02. The predicted octanol–water partition coefficient (Wildman–Crippen LogP) is 3.35. The van der Waals surface area contributed by atoms with Crippen LogP contribution in [0.15, 0.2) is 41.3 Å². The standard InChI is InChI=1S/C29H34FN7O6S/c1-33-26-16-21(2-4-23(26)28(32-33)36-15-10-27(38)31-29(36)39)20-8-11-34(12-9-20)18-19-6-13-35(14-7-19)44(42,43)22-3-5-25(37(40)41)24(30)17-22/h2-5,16-17,19-20H,6-15,18H2,1H3,(H,31,38,39). The van der Waals surface area contributed by atoms with Gasteiger partial charge in [0.25, 0.3) is 0 Å². The Bertz CT molecular complexity index is 1730. The van der Waals surface area contributed by atoms with E-state index < -0.39 is 32.5 Å². The van der Waals surface area contributed by atoms with Gasteiger partial charge in [-0.2, -0.15) is 13.8 Å². The maximum absolute atomic E-state index is 14.1. The van der Waals surface area contributed by atoms with Crippen molar-refractivity contribution in [3.05, 3.63) is 57.9 Å². The van der Waals surface area contributed by atoms with E-state index in [1.54, 1.807) is 4.68 Å². The average molecular weight is 628 g/mol. The Morgan fingerprint density at radius 1 is 1.02 bits per heavy atom. The number of nitro groups is 1. The van der Waals surface area contributed by atoms with Crippen molar-refractivity contribution in [2.75, 3.05) is 44.2 Å². The van der Waals surface area contributed by atoms with Gasteiger partial charge in [-0.05, 0) is 74.4 Å². The number of rotatable bonds is 7. The van der Waals surface area contributed by atoms with Crippen molar-refractivity contribution in [1.82, 2.24) is 24.3 Å². The number of nitro benzene ring substituents is 1. The fraction of sp³-hybridized carbons (Fsp3) is 0.483. The molecule has 2 aromatic carbocycles. The fourth-order valence-electron chi connectivity index (χ4n) is 6.57. The molecule has 3 saturated heterocycles. The van der Waals surface area contributed by atoms with Crippen molar-refractivity contribution >= 4 is 44.4 Å². The number of imide groups is 1. The first-order valence-electron chi connectivity index (χ1n) is 14.8. The number of piperidine rings is 2. The van der Waals surface area contributed by atoms with Gasteiger partial charge in [-0.1, -0.05) is 6.07 Å². The van der Waals surface area contributed by atoms with E-state index in [2.05, 4.69) is 27.4 Å². The number of aryl methyl sites for hydroxylation is 1. The molecule has 4 heterocycles. The second-order valence-corrected chi connectivity index (χ2v) is 13.7. The molecule has 0 radical (unpaired) electrons. The molecule has 0 saturated carbocycles. The molecule has 3 aliphatic rings.